The number of hydrogen-bond acceptors (Lipinski definition) is 4. The summed E-state index contributed by atoms with van der Waals surface area (Å²) in [7, 11) is 0. The summed E-state index contributed by atoms with van der Waals surface area (Å²) in [5.41, 5.74) is 3.66. The van der Waals surface area contributed by atoms with Gasteiger partial charge in [0, 0.05) is 12.2 Å². The molecule has 1 unspecified atom stereocenters. The van der Waals surface area contributed by atoms with Crippen molar-refractivity contribution in [3.8, 4) is 0 Å². The van der Waals surface area contributed by atoms with Gasteiger partial charge in [0.2, 0.25) is 0 Å². The minimum Gasteiger partial charge on any atom is -0.390 e. The number of nitrogens with zero attached hydrogens (tertiary/aromatic N) is 1. The Bertz CT molecular complexity index is 511. The maximum atomic E-state index is 12.9. The molecule has 2 heterocycles. The van der Waals surface area contributed by atoms with Crippen LogP contribution < -0.4 is 5.32 Å². The maximum Gasteiger partial charge on any atom is 0.282 e. The zero-order valence-electron chi connectivity index (χ0n) is 9.91. The van der Waals surface area contributed by atoms with Gasteiger partial charge in [0.25, 0.3) is 5.92 Å². The van der Waals surface area contributed by atoms with E-state index in [-0.39, 0.29) is 6.04 Å². The van der Waals surface area contributed by atoms with Gasteiger partial charge >= 0.3 is 0 Å². The second-order valence-electron chi connectivity index (χ2n) is 4.34. The zero-order chi connectivity index (χ0) is 13.2. The molecule has 0 aliphatic heterocycles. The van der Waals surface area contributed by atoms with E-state index in [2.05, 4.69) is 15.3 Å². The molecule has 4 nitrogen and oxygen atoms in total. The summed E-state index contributed by atoms with van der Waals surface area (Å²) < 4.78 is 26.8. The predicted molar refractivity (Wildman–Crippen MR) is 67.2 cm³/mol. The van der Waals surface area contributed by atoms with E-state index in [1.807, 2.05) is 13.1 Å². The van der Waals surface area contributed by atoms with Crippen LogP contribution >= 0.6 is 11.3 Å². The molecule has 2 aromatic heterocycles. The third kappa shape index (κ3) is 3.04. The van der Waals surface area contributed by atoms with E-state index in [1.165, 1.54) is 11.3 Å². The number of hydrogen-bond donors (Lipinski definition) is 3. The average molecular weight is 275 g/mol. The molecule has 0 radical (unpaired) electrons. The largest absolute Gasteiger partial charge is 0.390 e. The fourth-order valence-electron chi connectivity index (χ4n) is 1.73. The number of fused-ring (bicyclic) bond motifs is 1. The molecule has 2 aromatic rings. The van der Waals surface area contributed by atoms with E-state index in [0.29, 0.717) is 6.42 Å². The molecule has 0 spiro atoms. The van der Waals surface area contributed by atoms with E-state index < -0.39 is 19.1 Å². The van der Waals surface area contributed by atoms with Gasteiger partial charge in [0.05, 0.1) is 16.8 Å². The van der Waals surface area contributed by atoms with Crippen LogP contribution in [0.1, 0.15) is 12.5 Å². The first-order valence-corrected chi connectivity index (χ1v) is 6.51. The van der Waals surface area contributed by atoms with Crippen molar-refractivity contribution in [3.63, 3.8) is 0 Å². The normalized spacial score (nSPS) is 14.2. The minimum atomic E-state index is -3.06. The highest BCUT2D eigenvalue weighted by molar-refractivity contribution is 7.16. The van der Waals surface area contributed by atoms with Gasteiger partial charge in [-0.05, 0) is 18.9 Å². The number of thiazole rings is 1. The van der Waals surface area contributed by atoms with E-state index in [4.69, 9.17) is 5.11 Å². The number of alkyl halides is 2. The standard InChI is InChI=1S/C11H15F2N3OS/c1-7(15-4-11(12,13)5-17)2-8-3-14-10-9(8)18-6-16-10/h3,6-7,14-15,17H,2,4-5H2,1H3. The van der Waals surface area contributed by atoms with Crippen molar-refractivity contribution in [1.29, 1.82) is 0 Å². The number of halogens is 2. The summed E-state index contributed by atoms with van der Waals surface area (Å²) >= 11 is 1.53. The van der Waals surface area contributed by atoms with E-state index in [1.54, 1.807) is 5.51 Å². The van der Waals surface area contributed by atoms with Gasteiger partial charge in [-0.2, -0.15) is 0 Å². The second kappa shape index (κ2) is 5.29. The SMILES string of the molecule is CC(Cc1c[nH]c2ncsc12)NCC(F)(F)CO. The maximum absolute atomic E-state index is 12.9. The molecule has 0 aromatic carbocycles. The Morgan fingerprint density at radius 3 is 3.11 bits per heavy atom. The first-order chi connectivity index (χ1) is 8.52. The zero-order valence-corrected chi connectivity index (χ0v) is 10.7. The smallest absolute Gasteiger partial charge is 0.282 e. The third-order valence-electron chi connectivity index (χ3n) is 2.71. The molecule has 100 valence electrons. The fraction of sp³-hybridized carbons (Fsp3) is 0.545. The van der Waals surface area contributed by atoms with Gasteiger partial charge in [0.1, 0.15) is 12.3 Å². The molecule has 7 heteroatoms. The van der Waals surface area contributed by atoms with Crippen LogP contribution in [0.3, 0.4) is 0 Å². The number of rotatable bonds is 6. The quantitative estimate of drug-likeness (QED) is 0.753. The third-order valence-corrected chi connectivity index (χ3v) is 3.61. The molecule has 2 rings (SSSR count). The Morgan fingerprint density at radius 1 is 1.61 bits per heavy atom. The van der Waals surface area contributed by atoms with Crippen LogP contribution in [0.25, 0.3) is 10.3 Å². The molecular formula is C11H15F2N3OS. The first kappa shape index (κ1) is 13.4. The Hall–Kier alpha value is -1.05. The highest BCUT2D eigenvalue weighted by Crippen LogP contribution is 2.22. The topological polar surface area (TPSA) is 60.9 Å². The Kier molecular flexibility index (Phi) is 3.94. The van der Waals surface area contributed by atoms with Gasteiger partial charge in [-0.3, -0.25) is 0 Å². The molecular weight excluding hydrogens is 260 g/mol. The Labute approximate surface area is 107 Å². The molecule has 0 aliphatic rings. The predicted octanol–water partition coefficient (Wildman–Crippen LogP) is 1.77. The van der Waals surface area contributed by atoms with Crippen molar-refractivity contribution >= 4 is 21.7 Å². The number of aromatic nitrogens is 2. The van der Waals surface area contributed by atoms with Crippen LogP contribution in [-0.2, 0) is 6.42 Å². The highest BCUT2D eigenvalue weighted by atomic mass is 32.1. The van der Waals surface area contributed by atoms with Crippen molar-refractivity contribution in [2.24, 2.45) is 0 Å². The molecule has 0 saturated heterocycles. The monoisotopic (exact) mass is 275 g/mol. The number of aliphatic hydroxyl groups excluding tert-OH is 1. The Balaban J connectivity index is 1.92. The number of H-pyrrole nitrogens is 1. The van der Waals surface area contributed by atoms with Gasteiger partial charge < -0.3 is 15.4 Å². The van der Waals surface area contributed by atoms with Crippen LogP contribution in [0.15, 0.2) is 11.7 Å². The van der Waals surface area contributed by atoms with Gasteiger partial charge in [-0.1, -0.05) is 0 Å². The van der Waals surface area contributed by atoms with E-state index in [0.717, 1.165) is 15.9 Å². The number of aliphatic hydroxyl groups is 1. The molecule has 1 atom stereocenters. The summed E-state index contributed by atoms with van der Waals surface area (Å²) in [5, 5.41) is 11.2. The number of aromatic amines is 1. The molecule has 18 heavy (non-hydrogen) atoms. The number of nitrogens with one attached hydrogen (secondary N) is 2. The van der Waals surface area contributed by atoms with Gasteiger partial charge in [-0.15, -0.1) is 11.3 Å². The van der Waals surface area contributed by atoms with Crippen molar-refractivity contribution in [3.05, 3.63) is 17.3 Å². The lowest BCUT2D eigenvalue weighted by molar-refractivity contribution is -0.0490. The molecule has 3 N–H and O–H groups in total. The first-order valence-electron chi connectivity index (χ1n) is 5.63. The van der Waals surface area contributed by atoms with Crippen LogP contribution in [0.4, 0.5) is 8.78 Å². The van der Waals surface area contributed by atoms with E-state index in [9.17, 15) is 8.78 Å². The fourth-order valence-corrected chi connectivity index (χ4v) is 2.51. The van der Waals surface area contributed by atoms with Gasteiger partial charge in [-0.25, -0.2) is 13.8 Å². The van der Waals surface area contributed by atoms with Crippen LogP contribution in [0.2, 0.25) is 0 Å². The van der Waals surface area contributed by atoms with Crippen LogP contribution in [0.5, 0.6) is 0 Å². The summed E-state index contributed by atoms with van der Waals surface area (Å²) in [4.78, 5) is 7.18. The lowest BCUT2D eigenvalue weighted by Gasteiger charge is -2.18. The molecule has 0 saturated carbocycles. The second-order valence-corrected chi connectivity index (χ2v) is 5.20. The van der Waals surface area contributed by atoms with E-state index >= 15 is 0 Å². The van der Waals surface area contributed by atoms with Crippen molar-refractivity contribution in [2.45, 2.75) is 25.3 Å². The average Bonchev–Trinajstić information content (AvgIpc) is 2.92. The molecule has 0 aliphatic carbocycles. The highest BCUT2D eigenvalue weighted by Gasteiger charge is 2.27. The van der Waals surface area contributed by atoms with Crippen molar-refractivity contribution in [2.75, 3.05) is 13.2 Å². The summed E-state index contributed by atoms with van der Waals surface area (Å²) in [6.45, 7) is 0.199. The van der Waals surface area contributed by atoms with Gasteiger partial charge in [0.15, 0.2) is 0 Å². The summed E-state index contributed by atoms with van der Waals surface area (Å²) in [6, 6.07) is -0.0940. The minimum absolute atomic E-state index is 0.0940. The van der Waals surface area contributed by atoms with Crippen LogP contribution in [-0.4, -0.2) is 40.2 Å². The molecule has 0 fully saturated rings. The molecule has 0 amide bonds. The lowest BCUT2D eigenvalue weighted by atomic mass is 10.1. The van der Waals surface area contributed by atoms with Crippen molar-refractivity contribution in [1.82, 2.24) is 15.3 Å². The lowest BCUT2D eigenvalue weighted by Crippen LogP contribution is -2.40. The van der Waals surface area contributed by atoms with Crippen molar-refractivity contribution < 1.29 is 13.9 Å². The van der Waals surface area contributed by atoms with Crippen LogP contribution in [0, 0.1) is 0 Å². The summed E-state index contributed by atoms with van der Waals surface area (Å²) in [6.07, 6.45) is 2.50. The molecule has 0 bridgehead atoms. The summed E-state index contributed by atoms with van der Waals surface area (Å²) in [5.74, 6) is -3.06. The Morgan fingerprint density at radius 2 is 2.39 bits per heavy atom.